The van der Waals surface area contributed by atoms with Gasteiger partial charge in [-0.3, -0.25) is 14.2 Å². The zero-order chi connectivity index (χ0) is 12.1. The summed E-state index contributed by atoms with van der Waals surface area (Å²) in [5.41, 5.74) is -0.386. The molecule has 1 aromatic heterocycles. The first-order chi connectivity index (χ1) is 7.56. The Hall–Kier alpha value is -1.80. The third-order valence-corrected chi connectivity index (χ3v) is 2.17. The van der Waals surface area contributed by atoms with E-state index in [9.17, 15) is 9.59 Å². The van der Waals surface area contributed by atoms with Crippen LogP contribution in [-0.4, -0.2) is 22.0 Å². The molecule has 1 unspecified atom stereocenters. The summed E-state index contributed by atoms with van der Waals surface area (Å²) in [6, 6.07) is 0.470. The molecule has 6 heteroatoms. The van der Waals surface area contributed by atoms with Crippen molar-refractivity contribution in [2.45, 2.75) is 13.0 Å². The van der Waals surface area contributed by atoms with E-state index in [1.165, 1.54) is 10.9 Å². The van der Waals surface area contributed by atoms with Gasteiger partial charge in [-0.05, 0) is 6.92 Å². The molecular formula is C10H10ClN3O2. The molecule has 0 aliphatic carbocycles. The Bertz CT molecular complexity index is 490. The van der Waals surface area contributed by atoms with Crippen molar-refractivity contribution >= 4 is 17.5 Å². The number of terminal acetylenes is 1. The summed E-state index contributed by atoms with van der Waals surface area (Å²) in [6.45, 7) is 1.70. The molecular weight excluding hydrogens is 230 g/mol. The number of halogens is 1. The van der Waals surface area contributed by atoms with Crippen LogP contribution < -0.4 is 10.9 Å². The van der Waals surface area contributed by atoms with Gasteiger partial charge >= 0.3 is 0 Å². The lowest BCUT2D eigenvalue weighted by Crippen LogP contribution is -2.35. The van der Waals surface area contributed by atoms with E-state index >= 15 is 0 Å². The Labute approximate surface area is 97.4 Å². The second-order valence-corrected chi connectivity index (χ2v) is 3.44. The Balaban J connectivity index is 2.89. The summed E-state index contributed by atoms with van der Waals surface area (Å²) >= 11 is 5.53. The number of nitrogens with one attached hydrogen (secondary N) is 1. The fourth-order valence-electron chi connectivity index (χ4n) is 1.09. The van der Waals surface area contributed by atoms with Gasteiger partial charge in [0.15, 0.2) is 0 Å². The summed E-state index contributed by atoms with van der Waals surface area (Å²) in [5.74, 6) is 1.93. The Morgan fingerprint density at radius 3 is 3.06 bits per heavy atom. The summed E-state index contributed by atoms with van der Waals surface area (Å²) < 4.78 is 1.18. The third-order valence-electron chi connectivity index (χ3n) is 1.96. The van der Waals surface area contributed by atoms with Crippen molar-refractivity contribution in [1.82, 2.24) is 14.9 Å². The lowest BCUT2D eigenvalue weighted by Gasteiger charge is -2.13. The molecule has 0 bridgehead atoms. The standard InChI is InChI=1S/C10H10ClN3O2/c1-3-4-12-10(16)7(2)14-6-13-8(11)5-9(14)15/h1,5-7H,4H2,2H3,(H,12,16). The van der Waals surface area contributed by atoms with Gasteiger partial charge in [-0.2, -0.15) is 0 Å². The number of carbonyl (C=O) groups excluding carboxylic acids is 1. The molecule has 16 heavy (non-hydrogen) atoms. The van der Waals surface area contributed by atoms with Crippen LogP contribution in [0.1, 0.15) is 13.0 Å². The molecule has 0 spiro atoms. The van der Waals surface area contributed by atoms with Gasteiger partial charge in [0.1, 0.15) is 11.2 Å². The maximum absolute atomic E-state index is 11.5. The number of carbonyl (C=O) groups is 1. The summed E-state index contributed by atoms with van der Waals surface area (Å²) in [7, 11) is 0. The summed E-state index contributed by atoms with van der Waals surface area (Å²) in [6.07, 6.45) is 6.23. The molecule has 1 heterocycles. The van der Waals surface area contributed by atoms with Gasteiger partial charge in [0.05, 0.1) is 12.9 Å². The molecule has 0 saturated carbocycles. The normalized spacial score (nSPS) is 11.6. The van der Waals surface area contributed by atoms with E-state index in [-0.39, 0.29) is 23.2 Å². The molecule has 1 aromatic rings. The highest BCUT2D eigenvalue weighted by Gasteiger charge is 2.15. The van der Waals surface area contributed by atoms with E-state index < -0.39 is 6.04 Å². The van der Waals surface area contributed by atoms with Crippen molar-refractivity contribution in [2.24, 2.45) is 0 Å². The average Bonchev–Trinajstić information content (AvgIpc) is 2.25. The van der Waals surface area contributed by atoms with Crippen molar-refractivity contribution in [3.8, 4) is 12.3 Å². The van der Waals surface area contributed by atoms with Crippen molar-refractivity contribution in [3.05, 3.63) is 27.9 Å². The topological polar surface area (TPSA) is 64.0 Å². The monoisotopic (exact) mass is 239 g/mol. The van der Waals surface area contributed by atoms with Crippen molar-refractivity contribution in [3.63, 3.8) is 0 Å². The third kappa shape index (κ3) is 2.84. The molecule has 84 valence electrons. The largest absolute Gasteiger partial charge is 0.343 e. The second-order valence-electron chi connectivity index (χ2n) is 3.06. The predicted octanol–water partition coefficient (Wildman–Crippen LogP) is 0.207. The van der Waals surface area contributed by atoms with Crippen LogP contribution in [0.25, 0.3) is 0 Å². The van der Waals surface area contributed by atoms with Crippen LogP contribution >= 0.6 is 11.6 Å². The highest BCUT2D eigenvalue weighted by Crippen LogP contribution is 2.03. The molecule has 5 nitrogen and oxygen atoms in total. The number of hydrogen-bond donors (Lipinski definition) is 1. The van der Waals surface area contributed by atoms with Gasteiger partial charge in [0.25, 0.3) is 5.56 Å². The first-order valence-corrected chi connectivity index (χ1v) is 4.89. The van der Waals surface area contributed by atoms with Crippen LogP contribution in [-0.2, 0) is 4.79 Å². The average molecular weight is 240 g/mol. The highest BCUT2D eigenvalue weighted by atomic mass is 35.5. The van der Waals surface area contributed by atoms with Crippen LogP contribution in [0, 0.1) is 12.3 Å². The number of amides is 1. The van der Waals surface area contributed by atoms with Crippen LogP contribution in [0.15, 0.2) is 17.2 Å². The zero-order valence-corrected chi connectivity index (χ0v) is 9.36. The van der Waals surface area contributed by atoms with Crippen LogP contribution in [0.4, 0.5) is 0 Å². The lowest BCUT2D eigenvalue weighted by atomic mass is 10.3. The summed E-state index contributed by atoms with van der Waals surface area (Å²) in [4.78, 5) is 26.7. The second kappa shape index (κ2) is 5.33. The van der Waals surface area contributed by atoms with Crippen molar-refractivity contribution in [1.29, 1.82) is 0 Å². The first kappa shape index (κ1) is 12.3. The van der Waals surface area contributed by atoms with E-state index in [0.29, 0.717) is 0 Å². The van der Waals surface area contributed by atoms with Crippen LogP contribution in [0.5, 0.6) is 0 Å². The molecule has 1 N–H and O–H groups in total. The van der Waals surface area contributed by atoms with E-state index in [1.54, 1.807) is 6.92 Å². The number of rotatable bonds is 3. The fourth-order valence-corrected chi connectivity index (χ4v) is 1.23. The number of hydrogen-bond acceptors (Lipinski definition) is 3. The minimum Gasteiger partial charge on any atom is -0.343 e. The zero-order valence-electron chi connectivity index (χ0n) is 8.61. The molecule has 0 aliphatic heterocycles. The highest BCUT2D eigenvalue weighted by molar-refractivity contribution is 6.29. The quantitative estimate of drug-likeness (QED) is 0.606. The fraction of sp³-hybridized carbons (Fsp3) is 0.300. The van der Waals surface area contributed by atoms with E-state index in [2.05, 4.69) is 16.2 Å². The van der Waals surface area contributed by atoms with Crippen LogP contribution in [0.2, 0.25) is 5.15 Å². The van der Waals surface area contributed by atoms with Gasteiger partial charge in [-0.1, -0.05) is 17.5 Å². The Morgan fingerprint density at radius 1 is 1.81 bits per heavy atom. The SMILES string of the molecule is C#CCNC(=O)C(C)n1cnc(Cl)cc1=O. The number of nitrogens with zero attached hydrogens (tertiary/aromatic N) is 2. The van der Waals surface area contributed by atoms with Gasteiger partial charge in [-0.25, -0.2) is 4.98 Å². The predicted molar refractivity (Wildman–Crippen MR) is 60.1 cm³/mol. The Morgan fingerprint density at radius 2 is 2.50 bits per heavy atom. The Kier molecular flexibility index (Phi) is 4.09. The van der Waals surface area contributed by atoms with E-state index in [0.717, 1.165) is 6.07 Å². The molecule has 0 aromatic carbocycles. The van der Waals surface area contributed by atoms with Gasteiger partial charge in [-0.15, -0.1) is 6.42 Å². The van der Waals surface area contributed by atoms with E-state index in [4.69, 9.17) is 18.0 Å². The molecule has 0 fully saturated rings. The maximum atomic E-state index is 11.5. The molecule has 1 rings (SSSR count). The lowest BCUT2D eigenvalue weighted by molar-refractivity contribution is -0.123. The van der Waals surface area contributed by atoms with Gasteiger partial charge in [0.2, 0.25) is 5.91 Å². The summed E-state index contributed by atoms with van der Waals surface area (Å²) in [5, 5.41) is 2.57. The molecule has 0 aliphatic rings. The van der Waals surface area contributed by atoms with Gasteiger partial charge in [0, 0.05) is 6.07 Å². The molecule has 0 saturated heterocycles. The molecule has 1 amide bonds. The minimum absolute atomic E-state index is 0.0949. The van der Waals surface area contributed by atoms with E-state index in [1.807, 2.05) is 0 Å². The van der Waals surface area contributed by atoms with Crippen LogP contribution in [0.3, 0.4) is 0 Å². The number of aromatic nitrogens is 2. The van der Waals surface area contributed by atoms with Gasteiger partial charge < -0.3 is 5.32 Å². The minimum atomic E-state index is -0.675. The first-order valence-electron chi connectivity index (χ1n) is 4.51. The molecule has 0 radical (unpaired) electrons. The smallest absolute Gasteiger partial charge is 0.255 e. The van der Waals surface area contributed by atoms with Crippen molar-refractivity contribution in [2.75, 3.05) is 6.54 Å². The van der Waals surface area contributed by atoms with Crippen molar-refractivity contribution < 1.29 is 4.79 Å². The molecule has 1 atom stereocenters. The maximum Gasteiger partial charge on any atom is 0.255 e.